The molecule has 4 heterocycles. The van der Waals surface area contributed by atoms with Gasteiger partial charge in [0.05, 0.1) is 31.8 Å². The van der Waals surface area contributed by atoms with Crippen molar-refractivity contribution in [1.82, 2.24) is 4.98 Å². The zero-order chi connectivity index (χ0) is 25.3. The van der Waals surface area contributed by atoms with Gasteiger partial charge in [0.25, 0.3) is 0 Å². The van der Waals surface area contributed by atoms with E-state index in [0.29, 0.717) is 32.4 Å². The second kappa shape index (κ2) is 8.18. The molecule has 0 radical (unpaired) electrons. The SMILES string of the molecule is Cc1nc2[n+](c(C)c1-c1cccc3c1CCC3Oc1ccc3c(c1)OCC3CC(=O)O)C1(COC1)CO2. The normalized spacial score (nSPS) is 22.0. The van der Waals surface area contributed by atoms with Gasteiger partial charge >= 0.3 is 12.0 Å². The fourth-order valence-electron chi connectivity index (χ4n) is 6.47. The van der Waals surface area contributed by atoms with E-state index in [0.717, 1.165) is 46.9 Å². The summed E-state index contributed by atoms with van der Waals surface area (Å²) in [6.07, 6.45) is 1.82. The van der Waals surface area contributed by atoms with E-state index >= 15 is 0 Å². The Hall–Kier alpha value is -3.65. The van der Waals surface area contributed by atoms with Crippen LogP contribution in [0.15, 0.2) is 36.4 Å². The molecule has 190 valence electrons. The molecule has 8 nitrogen and oxygen atoms in total. The molecule has 37 heavy (non-hydrogen) atoms. The van der Waals surface area contributed by atoms with Crippen molar-refractivity contribution >= 4 is 5.97 Å². The molecule has 2 aromatic carbocycles. The molecule has 0 bridgehead atoms. The van der Waals surface area contributed by atoms with Crippen LogP contribution in [0.2, 0.25) is 0 Å². The van der Waals surface area contributed by atoms with E-state index in [9.17, 15) is 4.79 Å². The molecule has 1 fully saturated rings. The highest BCUT2D eigenvalue weighted by atomic mass is 16.5. The van der Waals surface area contributed by atoms with Gasteiger partial charge < -0.3 is 24.1 Å². The maximum absolute atomic E-state index is 11.2. The molecule has 2 atom stereocenters. The van der Waals surface area contributed by atoms with Crippen molar-refractivity contribution < 1.29 is 33.4 Å². The first-order chi connectivity index (χ1) is 17.9. The first-order valence-electron chi connectivity index (χ1n) is 12.9. The number of aromatic nitrogens is 2. The number of rotatable bonds is 5. The number of aryl methyl sites for hydroxylation is 1. The lowest BCUT2D eigenvalue weighted by Gasteiger charge is -2.34. The van der Waals surface area contributed by atoms with Crippen LogP contribution in [-0.4, -0.2) is 42.5 Å². The minimum Gasteiger partial charge on any atom is -0.492 e. The first-order valence-corrected chi connectivity index (χ1v) is 12.9. The van der Waals surface area contributed by atoms with Gasteiger partial charge in [0, 0.05) is 24.5 Å². The second-order valence-electron chi connectivity index (χ2n) is 10.6. The summed E-state index contributed by atoms with van der Waals surface area (Å²) >= 11 is 0. The summed E-state index contributed by atoms with van der Waals surface area (Å²) in [7, 11) is 0. The number of benzene rings is 2. The van der Waals surface area contributed by atoms with E-state index in [4.69, 9.17) is 29.0 Å². The molecular weight excluding hydrogens is 472 g/mol. The van der Waals surface area contributed by atoms with E-state index in [1.54, 1.807) is 0 Å². The van der Waals surface area contributed by atoms with Gasteiger partial charge in [-0.25, -0.2) is 0 Å². The summed E-state index contributed by atoms with van der Waals surface area (Å²) in [6, 6.07) is 12.9. The van der Waals surface area contributed by atoms with Gasteiger partial charge in [-0.05, 0) is 47.5 Å². The van der Waals surface area contributed by atoms with Crippen LogP contribution in [0, 0.1) is 13.8 Å². The van der Waals surface area contributed by atoms with Crippen LogP contribution in [-0.2, 0) is 21.5 Å². The molecule has 8 heteroatoms. The maximum Gasteiger partial charge on any atom is 0.499 e. The largest absolute Gasteiger partial charge is 0.499 e. The van der Waals surface area contributed by atoms with Crippen molar-refractivity contribution in [1.29, 1.82) is 0 Å². The van der Waals surface area contributed by atoms with Crippen LogP contribution in [0.3, 0.4) is 0 Å². The van der Waals surface area contributed by atoms with Crippen molar-refractivity contribution in [3.63, 3.8) is 0 Å². The van der Waals surface area contributed by atoms with Crippen molar-refractivity contribution in [2.45, 2.75) is 50.7 Å². The lowest BCUT2D eigenvalue weighted by Crippen LogP contribution is -2.67. The molecule has 1 N–H and O–H groups in total. The predicted octanol–water partition coefficient (Wildman–Crippen LogP) is 3.79. The van der Waals surface area contributed by atoms with Crippen LogP contribution in [0.1, 0.15) is 52.9 Å². The molecule has 1 aliphatic carbocycles. The Kier molecular flexibility index (Phi) is 4.98. The van der Waals surface area contributed by atoms with Crippen LogP contribution in [0.5, 0.6) is 17.5 Å². The van der Waals surface area contributed by atoms with E-state index in [-0.39, 0.29) is 24.0 Å². The topological polar surface area (TPSA) is 91.0 Å². The Balaban J connectivity index is 1.20. The number of fused-ring (bicyclic) bond motifs is 4. The molecule has 1 spiro atoms. The maximum atomic E-state index is 11.2. The molecule has 3 aromatic rings. The molecule has 2 unspecified atom stereocenters. The quantitative estimate of drug-likeness (QED) is 0.532. The van der Waals surface area contributed by atoms with Crippen molar-refractivity contribution in [3.05, 3.63) is 64.5 Å². The van der Waals surface area contributed by atoms with Crippen LogP contribution in [0.25, 0.3) is 11.1 Å². The van der Waals surface area contributed by atoms with Crippen molar-refractivity contribution in [2.24, 2.45) is 0 Å². The van der Waals surface area contributed by atoms with Gasteiger partial charge in [0.2, 0.25) is 0 Å². The number of hydrogen-bond acceptors (Lipinski definition) is 6. The molecule has 3 aliphatic heterocycles. The van der Waals surface area contributed by atoms with Crippen molar-refractivity contribution in [3.8, 4) is 28.6 Å². The Morgan fingerprint density at radius 1 is 1.16 bits per heavy atom. The zero-order valence-electron chi connectivity index (χ0n) is 21.0. The highest BCUT2D eigenvalue weighted by molar-refractivity contribution is 5.73. The third kappa shape index (κ3) is 3.42. The zero-order valence-corrected chi connectivity index (χ0v) is 21.0. The van der Waals surface area contributed by atoms with E-state index in [2.05, 4.69) is 36.6 Å². The Labute approximate surface area is 214 Å². The fourth-order valence-corrected chi connectivity index (χ4v) is 6.47. The average Bonchev–Trinajstić information content (AvgIpc) is 3.55. The number of carbonyl (C=O) groups is 1. The van der Waals surface area contributed by atoms with E-state index in [1.807, 2.05) is 18.2 Å². The number of carboxylic acid groups (broad SMARTS) is 1. The fraction of sp³-hybridized carbons (Fsp3) is 0.414. The molecule has 7 rings (SSSR count). The number of hydrogen-bond donors (Lipinski definition) is 1. The lowest BCUT2D eigenvalue weighted by atomic mass is 9.92. The predicted molar refractivity (Wildman–Crippen MR) is 132 cm³/mol. The molecule has 0 amide bonds. The Bertz CT molecular complexity index is 1450. The van der Waals surface area contributed by atoms with E-state index in [1.165, 1.54) is 16.7 Å². The third-order valence-corrected chi connectivity index (χ3v) is 8.25. The summed E-state index contributed by atoms with van der Waals surface area (Å²) in [4.78, 5) is 16.0. The molecule has 1 aromatic heterocycles. The monoisotopic (exact) mass is 501 g/mol. The molecule has 1 saturated heterocycles. The minimum atomic E-state index is -0.814. The average molecular weight is 502 g/mol. The number of carboxylic acids is 1. The third-order valence-electron chi connectivity index (χ3n) is 8.25. The van der Waals surface area contributed by atoms with Gasteiger partial charge in [0.15, 0.2) is 11.2 Å². The molecular formula is C29H29N2O6+. The summed E-state index contributed by atoms with van der Waals surface area (Å²) in [5.41, 5.74) is 7.79. The van der Waals surface area contributed by atoms with Crippen LogP contribution < -0.4 is 18.8 Å². The van der Waals surface area contributed by atoms with Crippen molar-refractivity contribution in [2.75, 3.05) is 26.4 Å². The summed E-state index contributed by atoms with van der Waals surface area (Å²) in [5, 5.41) is 9.17. The van der Waals surface area contributed by atoms with Gasteiger partial charge in [-0.1, -0.05) is 24.3 Å². The smallest absolute Gasteiger partial charge is 0.492 e. The molecule has 0 saturated carbocycles. The van der Waals surface area contributed by atoms with Crippen LogP contribution in [0.4, 0.5) is 0 Å². The van der Waals surface area contributed by atoms with Gasteiger partial charge in [-0.2, -0.15) is 4.57 Å². The molecule has 4 aliphatic rings. The van der Waals surface area contributed by atoms with Gasteiger partial charge in [-0.3, -0.25) is 4.79 Å². The standard InChI is InChI=1S/C29H28N2O6/c1-16-27(17(2)31-28(30-16)36-15-29(31)13-34-14-29)23-5-3-4-22-21(23)8-9-24(22)37-19-6-7-20-18(10-26(32)33)12-35-25(20)11-19/h3-7,11,18,24H,8-10,12-15H2,1-2H3/p+1. The number of aliphatic carboxylic acids is 1. The Morgan fingerprint density at radius 3 is 2.81 bits per heavy atom. The summed E-state index contributed by atoms with van der Waals surface area (Å²) in [6.45, 7) is 6.52. The Morgan fingerprint density at radius 2 is 2.03 bits per heavy atom. The van der Waals surface area contributed by atoms with Gasteiger partial charge in [0.1, 0.15) is 29.9 Å². The first kappa shape index (κ1) is 22.5. The van der Waals surface area contributed by atoms with Gasteiger partial charge in [-0.15, -0.1) is 0 Å². The summed E-state index contributed by atoms with van der Waals surface area (Å²) < 4.78 is 26.0. The summed E-state index contributed by atoms with van der Waals surface area (Å²) in [5.74, 6) is 0.535. The lowest BCUT2D eigenvalue weighted by molar-refractivity contribution is -0.773. The second-order valence-corrected chi connectivity index (χ2v) is 10.6. The highest BCUT2D eigenvalue weighted by Gasteiger charge is 2.55. The number of ether oxygens (including phenoxy) is 4. The van der Waals surface area contributed by atoms with Crippen LogP contribution >= 0.6 is 0 Å². The highest BCUT2D eigenvalue weighted by Crippen LogP contribution is 2.44. The van der Waals surface area contributed by atoms with E-state index < -0.39 is 5.97 Å². The minimum absolute atomic E-state index is 0.0606. The number of nitrogens with zero attached hydrogens (tertiary/aromatic N) is 2.